The number of benzene rings is 2. The third-order valence-electron chi connectivity index (χ3n) is 4.89. The summed E-state index contributed by atoms with van der Waals surface area (Å²) in [5, 5.41) is 19.0. The maximum absolute atomic E-state index is 12.5. The molecule has 0 heterocycles. The Bertz CT molecular complexity index is 882. The van der Waals surface area contributed by atoms with E-state index in [1.54, 1.807) is 31.2 Å². The summed E-state index contributed by atoms with van der Waals surface area (Å²) in [5.41, 5.74) is -0.236. The predicted molar refractivity (Wildman–Crippen MR) is 114 cm³/mol. The normalized spacial score (nSPS) is 13.2. The van der Waals surface area contributed by atoms with Crippen LogP contribution in [0, 0.1) is 5.92 Å². The Hall–Kier alpha value is -3.19. The van der Waals surface area contributed by atoms with Crippen LogP contribution in [0.3, 0.4) is 0 Å². The Balaban J connectivity index is 1.89. The number of aliphatic hydroxyl groups is 1. The zero-order chi connectivity index (χ0) is 23.0. The zero-order valence-electron chi connectivity index (χ0n) is 17.9. The number of carboxylic acids is 1. The molecule has 2 unspecified atom stereocenters. The molecule has 0 aliphatic carbocycles. The van der Waals surface area contributed by atoms with E-state index in [0.29, 0.717) is 11.3 Å². The van der Waals surface area contributed by atoms with E-state index in [1.165, 1.54) is 13.8 Å². The number of Topliss-reactive ketones (excluding diaryl/α,β-unsaturated/α-hetero) is 1. The number of esters is 1. The van der Waals surface area contributed by atoms with E-state index in [9.17, 15) is 24.6 Å². The summed E-state index contributed by atoms with van der Waals surface area (Å²) in [4.78, 5) is 35.8. The molecule has 2 N–H and O–H groups in total. The molecule has 7 heteroatoms. The van der Waals surface area contributed by atoms with Gasteiger partial charge in [0.2, 0.25) is 0 Å². The van der Waals surface area contributed by atoms with Crippen molar-refractivity contribution in [2.75, 3.05) is 13.2 Å². The van der Waals surface area contributed by atoms with Gasteiger partial charge in [0.1, 0.15) is 24.6 Å². The fourth-order valence-corrected chi connectivity index (χ4v) is 3.11. The van der Waals surface area contributed by atoms with Gasteiger partial charge in [-0.15, -0.1) is 0 Å². The van der Waals surface area contributed by atoms with Crippen LogP contribution in [0.25, 0.3) is 0 Å². The van der Waals surface area contributed by atoms with Gasteiger partial charge in [0, 0.05) is 5.56 Å². The van der Waals surface area contributed by atoms with Gasteiger partial charge in [0.25, 0.3) is 0 Å². The first-order valence-corrected chi connectivity index (χ1v) is 10.0. The minimum Gasteiger partial charge on any atom is -0.490 e. The number of carboxylic acid groups (broad SMARTS) is 1. The van der Waals surface area contributed by atoms with Crippen LogP contribution in [0.15, 0.2) is 54.6 Å². The number of carbonyl (C=O) groups excluding carboxylic acids is 2. The Labute approximate surface area is 181 Å². The van der Waals surface area contributed by atoms with Crippen molar-refractivity contribution in [3.8, 4) is 5.75 Å². The highest BCUT2D eigenvalue weighted by Gasteiger charge is 2.30. The molecule has 0 spiro atoms. The maximum atomic E-state index is 12.5. The van der Waals surface area contributed by atoms with Crippen molar-refractivity contribution in [1.29, 1.82) is 0 Å². The molecule has 0 aliphatic heterocycles. The topological polar surface area (TPSA) is 110 Å². The molecule has 7 nitrogen and oxygen atoms in total. The molecule has 2 atom stereocenters. The van der Waals surface area contributed by atoms with Gasteiger partial charge in [-0.2, -0.15) is 0 Å². The van der Waals surface area contributed by atoms with Crippen LogP contribution >= 0.6 is 0 Å². The smallest absolute Gasteiger partial charge is 0.310 e. The number of rotatable bonds is 11. The van der Waals surface area contributed by atoms with Crippen molar-refractivity contribution in [2.45, 2.75) is 38.7 Å². The molecule has 166 valence electrons. The van der Waals surface area contributed by atoms with E-state index in [1.807, 2.05) is 30.3 Å². The molecule has 0 fully saturated rings. The van der Waals surface area contributed by atoms with Crippen LogP contribution < -0.4 is 4.74 Å². The van der Waals surface area contributed by atoms with E-state index in [2.05, 4.69) is 0 Å². The second-order valence-corrected chi connectivity index (χ2v) is 7.83. The molecule has 2 aromatic carbocycles. The van der Waals surface area contributed by atoms with Crippen LogP contribution in [0.1, 0.15) is 49.0 Å². The lowest BCUT2D eigenvalue weighted by Crippen LogP contribution is -2.30. The highest BCUT2D eigenvalue weighted by atomic mass is 16.6. The van der Waals surface area contributed by atoms with Gasteiger partial charge >= 0.3 is 11.9 Å². The first-order valence-electron chi connectivity index (χ1n) is 10.0. The SMILES string of the molecule is CC(c1ccccc1)C(CC(=O)O)C(=O)OCCOc1ccc(C(=O)C(C)(C)O)cc1. The Morgan fingerprint density at radius 2 is 1.58 bits per heavy atom. The number of aliphatic carboxylic acids is 1. The second-order valence-electron chi connectivity index (χ2n) is 7.83. The van der Waals surface area contributed by atoms with Gasteiger partial charge in [-0.3, -0.25) is 14.4 Å². The zero-order valence-corrected chi connectivity index (χ0v) is 17.9. The van der Waals surface area contributed by atoms with Crippen molar-refractivity contribution in [3.63, 3.8) is 0 Å². The molecule has 2 aromatic rings. The average Bonchev–Trinajstić information content (AvgIpc) is 2.74. The van der Waals surface area contributed by atoms with Gasteiger partial charge in [-0.25, -0.2) is 0 Å². The molecule has 0 aliphatic rings. The van der Waals surface area contributed by atoms with Crippen molar-refractivity contribution < 1.29 is 34.1 Å². The number of hydrogen-bond donors (Lipinski definition) is 2. The third-order valence-corrected chi connectivity index (χ3v) is 4.89. The van der Waals surface area contributed by atoms with Gasteiger partial charge in [-0.05, 0) is 49.6 Å². The van der Waals surface area contributed by atoms with Gasteiger partial charge < -0.3 is 19.7 Å². The molecule has 0 saturated carbocycles. The summed E-state index contributed by atoms with van der Waals surface area (Å²) in [6, 6.07) is 15.5. The van der Waals surface area contributed by atoms with Crippen LogP contribution in [-0.2, 0) is 14.3 Å². The lowest BCUT2D eigenvalue weighted by molar-refractivity contribution is -0.154. The Morgan fingerprint density at radius 1 is 0.968 bits per heavy atom. The van der Waals surface area contributed by atoms with Crippen LogP contribution in [0.5, 0.6) is 5.75 Å². The molecule has 31 heavy (non-hydrogen) atoms. The molecular weight excluding hydrogens is 400 g/mol. The van der Waals surface area contributed by atoms with Crippen LogP contribution in [0.2, 0.25) is 0 Å². The monoisotopic (exact) mass is 428 g/mol. The summed E-state index contributed by atoms with van der Waals surface area (Å²) in [6.45, 7) is 4.68. The van der Waals surface area contributed by atoms with Gasteiger partial charge in [-0.1, -0.05) is 37.3 Å². The minimum absolute atomic E-state index is 0.0409. The molecular formula is C24H28O7. The Morgan fingerprint density at radius 3 is 2.13 bits per heavy atom. The molecule has 0 bridgehead atoms. The van der Waals surface area contributed by atoms with E-state index in [4.69, 9.17) is 9.47 Å². The van der Waals surface area contributed by atoms with Crippen molar-refractivity contribution in [3.05, 3.63) is 65.7 Å². The Kier molecular flexibility index (Phi) is 8.33. The third kappa shape index (κ3) is 7.22. The molecule has 2 rings (SSSR count). The fraction of sp³-hybridized carbons (Fsp3) is 0.375. The first kappa shape index (κ1) is 24.1. The summed E-state index contributed by atoms with van der Waals surface area (Å²) in [6.07, 6.45) is -0.327. The summed E-state index contributed by atoms with van der Waals surface area (Å²) in [5.74, 6) is -2.71. The number of ketones is 1. The molecule has 0 amide bonds. The van der Waals surface area contributed by atoms with Crippen LogP contribution in [0.4, 0.5) is 0 Å². The number of ether oxygens (including phenoxy) is 2. The first-order chi connectivity index (χ1) is 14.6. The average molecular weight is 428 g/mol. The molecule has 0 saturated heterocycles. The standard InChI is InChI=1S/C24H28O7/c1-16(17-7-5-4-6-8-17)20(15-21(25)26)23(28)31-14-13-30-19-11-9-18(10-12-19)22(27)24(2,3)29/h4-12,16,20,29H,13-15H2,1-3H3,(H,25,26). The van der Waals surface area contributed by atoms with E-state index in [-0.39, 0.29) is 25.6 Å². The summed E-state index contributed by atoms with van der Waals surface area (Å²) < 4.78 is 10.8. The highest BCUT2D eigenvalue weighted by Crippen LogP contribution is 2.28. The largest absolute Gasteiger partial charge is 0.490 e. The summed E-state index contributed by atoms with van der Waals surface area (Å²) in [7, 11) is 0. The second kappa shape index (κ2) is 10.7. The number of carbonyl (C=O) groups is 3. The lowest BCUT2D eigenvalue weighted by Gasteiger charge is -2.21. The van der Waals surface area contributed by atoms with Crippen LogP contribution in [-0.4, -0.2) is 46.7 Å². The van der Waals surface area contributed by atoms with E-state index < -0.39 is 29.2 Å². The summed E-state index contributed by atoms with van der Waals surface area (Å²) >= 11 is 0. The van der Waals surface area contributed by atoms with Gasteiger partial charge in [0.15, 0.2) is 5.78 Å². The fourth-order valence-electron chi connectivity index (χ4n) is 3.11. The van der Waals surface area contributed by atoms with E-state index in [0.717, 1.165) is 5.56 Å². The molecule has 0 radical (unpaired) electrons. The minimum atomic E-state index is -1.46. The predicted octanol–water partition coefficient (Wildman–Crippen LogP) is 3.46. The van der Waals surface area contributed by atoms with Crippen molar-refractivity contribution >= 4 is 17.7 Å². The molecule has 0 aromatic heterocycles. The van der Waals surface area contributed by atoms with Crippen molar-refractivity contribution in [1.82, 2.24) is 0 Å². The quantitative estimate of drug-likeness (QED) is 0.320. The number of hydrogen-bond acceptors (Lipinski definition) is 6. The van der Waals surface area contributed by atoms with Crippen molar-refractivity contribution in [2.24, 2.45) is 5.92 Å². The highest BCUT2D eigenvalue weighted by molar-refractivity contribution is 6.01. The maximum Gasteiger partial charge on any atom is 0.310 e. The van der Waals surface area contributed by atoms with E-state index >= 15 is 0 Å². The van der Waals surface area contributed by atoms with Gasteiger partial charge in [0.05, 0.1) is 12.3 Å². The lowest BCUT2D eigenvalue weighted by atomic mass is 9.85.